The quantitative estimate of drug-likeness (QED) is 0.146. The second-order valence-corrected chi connectivity index (χ2v) is 7.55. The van der Waals surface area contributed by atoms with Gasteiger partial charge in [0, 0.05) is 30.7 Å². The minimum atomic E-state index is -1.00. The minimum absolute atomic E-state index is 0.0187. The molecule has 33 heavy (non-hydrogen) atoms. The zero-order valence-electron chi connectivity index (χ0n) is 17.4. The molecule has 1 saturated heterocycles. The first-order chi connectivity index (χ1) is 15.7. The Morgan fingerprint density at radius 1 is 1.00 bits per heavy atom. The molecule has 2 aromatic rings. The SMILES string of the molecule is O=C(O)CCCCCN1C(=O)C(=O)/C(=C(\O)c2ccc(F)cc2)C1c1ccc([N+](=O)[O-])cc1. The van der Waals surface area contributed by atoms with E-state index in [1.807, 2.05) is 0 Å². The normalized spacial score (nSPS) is 17.4. The van der Waals surface area contributed by atoms with Gasteiger partial charge in [-0.3, -0.25) is 24.5 Å². The van der Waals surface area contributed by atoms with Gasteiger partial charge in [-0.2, -0.15) is 0 Å². The number of carboxylic acid groups (broad SMARTS) is 1. The van der Waals surface area contributed by atoms with E-state index in [9.17, 15) is 34.0 Å². The predicted octanol–water partition coefficient (Wildman–Crippen LogP) is 3.80. The molecule has 2 aromatic carbocycles. The Hall–Kier alpha value is -4.08. The molecule has 2 N–H and O–H groups in total. The van der Waals surface area contributed by atoms with E-state index in [0.29, 0.717) is 24.8 Å². The number of likely N-dealkylation sites (tertiary alicyclic amines) is 1. The molecule has 9 nitrogen and oxygen atoms in total. The number of benzene rings is 2. The summed E-state index contributed by atoms with van der Waals surface area (Å²) in [7, 11) is 0. The van der Waals surface area contributed by atoms with Crippen LogP contribution < -0.4 is 0 Å². The fourth-order valence-electron chi connectivity index (χ4n) is 3.73. The van der Waals surface area contributed by atoms with Crippen molar-refractivity contribution in [2.24, 2.45) is 0 Å². The molecule has 1 unspecified atom stereocenters. The van der Waals surface area contributed by atoms with Crippen LogP contribution in [0.5, 0.6) is 0 Å². The van der Waals surface area contributed by atoms with Gasteiger partial charge in [0.2, 0.25) is 0 Å². The summed E-state index contributed by atoms with van der Waals surface area (Å²) in [4.78, 5) is 48.0. The number of carboxylic acids is 1. The fourth-order valence-corrected chi connectivity index (χ4v) is 3.73. The van der Waals surface area contributed by atoms with E-state index in [0.717, 1.165) is 12.1 Å². The lowest BCUT2D eigenvalue weighted by Gasteiger charge is -2.25. The minimum Gasteiger partial charge on any atom is -0.507 e. The molecule has 1 aliphatic heterocycles. The zero-order chi connectivity index (χ0) is 24.1. The molecule has 0 bridgehead atoms. The van der Waals surface area contributed by atoms with Crippen molar-refractivity contribution in [1.29, 1.82) is 0 Å². The second kappa shape index (κ2) is 10.0. The summed E-state index contributed by atoms with van der Waals surface area (Å²) in [6, 6.07) is 9.04. The summed E-state index contributed by atoms with van der Waals surface area (Å²) < 4.78 is 13.3. The summed E-state index contributed by atoms with van der Waals surface area (Å²) in [6.07, 6.45) is 1.30. The van der Waals surface area contributed by atoms with Crippen LogP contribution in [0.25, 0.3) is 5.76 Å². The number of nitrogens with zero attached hydrogens (tertiary/aromatic N) is 2. The highest BCUT2D eigenvalue weighted by atomic mass is 19.1. The molecule has 1 atom stereocenters. The maximum absolute atomic E-state index is 13.3. The van der Waals surface area contributed by atoms with Gasteiger partial charge in [0.15, 0.2) is 0 Å². The van der Waals surface area contributed by atoms with E-state index < -0.39 is 40.2 Å². The van der Waals surface area contributed by atoms with Crippen LogP contribution in [-0.4, -0.2) is 44.2 Å². The Morgan fingerprint density at radius 3 is 2.21 bits per heavy atom. The van der Waals surface area contributed by atoms with Gasteiger partial charge in [0.05, 0.1) is 16.5 Å². The molecule has 0 radical (unpaired) electrons. The van der Waals surface area contributed by atoms with Crippen molar-refractivity contribution in [3.8, 4) is 0 Å². The third-order valence-corrected chi connectivity index (χ3v) is 5.37. The average molecular weight is 456 g/mol. The second-order valence-electron chi connectivity index (χ2n) is 7.55. The summed E-state index contributed by atoms with van der Waals surface area (Å²) in [6.45, 7) is 0.117. The molecule has 1 amide bonds. The van der Waals surface area contributed by atoms with Crippen LogP contribution in [0, 0.1) is 15.9 Å². The van der Waals surface area contributed by atoms with Crippen molar-refractivity contribution in [3.05, 3.63) is 81.2 Å². The van der Waals surface area contributed by atoms with Gasteiger partial charge < -0.3 is 15.1 Å². The molecule has 172 valence electrons. The average Bonchev–Trinajstić information content (AvgIpc) is 3.03. The zero-order valence-corrected chi connectivity index (χ0v) is 17.4. The Labute approximate surface area is 187 Å². The third kappa shape index (κ3) is 5.22. The van der Waals surface area contributed by atoms with Crippen LogP contribution in [0.3, 0.4) is 0 Å². The predicted molar refractivity (Wildman–Crippen MR) is 115 cm³/mol. The molecule has 0 spiro atoms. The molecular formula is C23H21FN2O7. The number of carbonyl (C=O) groups excluding carboxylic acids is 2. The fraction of sp³-hybridized carbons (Fsp3) is 0.261. The molecule has 0 saturated carbocycles. The lowest BCUT2D eigenvalue weighted by molar-refractivity contribution is -0.384. The number of ketones is 1. The van der Waals surface area contributed by atoms with E-state index >= 15 is 0 Å². The van der Waals surface area contributed by atoms with Crippen LogP contribution in [-0.2, 0) is 14.4 Å². The number of halogens is 1. The summed E-state index contributed by atoms with van der Waals surface area (Å²) >= 11 is 0. The van der Waals surface area contributed by atoms with Crippen LogP contribution in [0.1, 0.15) is 42.9 Å². The van der Waals surface area contributed by atoms with Crippen LogP contribution in [0.2, 0.25) is 0 Å². The molecule has 3 rings (SSSR count). The molecule has 1 aliphatic rings. The van der Waals surface area contributed by atoms with E-state index in [2.05, 4.69) is 0 Å². The first-order valence-electron chi connectivity index (χ1n) is 10.2. The topological polar surface area (TPSA) is 138 Å². The highest BCUT2D eigenvalue weighted by Crippen LogP contribution is 2.40. The van der Waals surface area contributed by atoms with Gasteiger partial charge in [-0.25, -0.2) is 4.39 Å². The summed E-state index contributed by atoms with van der Waals surface area (Å²) in [5, 5.41) is 30.6. The van der Waals surface area contributed by atoms with E-state index in [1.165, 1.54) is 41.3 Å². The number of rotatable bonds is 9. The van der Waals surface area contributed by atoms with Crippen LogP contribution >= 0.6 is 0 Å². The molecular weight excluding hydrogens is 435 g/mol. The number of aliphatic hydroxyl groups is 1. The maximum atomic E-state index is 13.3. The van der Waals surface area contributed by atoms with Gasteiger partial charge in [-0.1, -0.05) is 6.42 Å². The number of non-ortho nitro benzene ring substituents is 1. The molecule has 1 fully saturated rings. The Bertz CT molecular complexity index is 1110. The van der Waals surface area contributed by atoms with Gasteiger partial charge in [0.25, 0.3) is 17.4 Å². The van der Waals surface area contributed by atoms with Crippen molar-refractivity contribution in [2.45, 2.75) is 31.7 Å². The van der Waals surface area contributed by atoms with Crippen molar-refractivity contribution in [2.75, 3.05) is 6.54 Å². The Morgan fingerprint density at radius 2 is 1.64 bits per heavy atom. The molecule has 0 aliphatic carbocycles. The number of carbonyl (C=O) groups is 3. The van der Waals surface area contributed by atoms with Crippen molar-refractivity contribution < 1.29 is 33.9 Å². The number of amides is 1. The van der Waals surface area contributed by atoms with Crippen LogP contribution in [0.15, 0.2) is 54.1 Å². The number of hydrogen-bond donors (Lipinski definition) is 2. The Kier molecular flexibility index (Phi) is 7.17. The number of Topliss-reactive ketones (excluding diaryl/α,β-unsaturated/α-hetero) is 1. The molecule has 10 heteroatoms. The highest BCUT2D eigenvalue weighted by Gasteiger charge is 2.45. The number of nitro benzene ring substituents is 1. The van der Waals surface area contributed by atoms with Gasteiger partial charge in [0.1, 0.15) is 11.6 Å². The van der Waals surface area contributed by atoms with Crippen LogP contribution in [0.4, 0.5) is 10.1 Å². The largest absolute Gasteiger partial charge is 0.507 e. The standard InChI is InChI=1S/C23H21FN2O7/c24-16-9-5-15(6-10-16)21(29)19-20(14-7-11-17(12-8-14)26(32)33)25(23(31)22(19)30)13-3-1-2-4-18(27)28/h5-12,20,29H,1-4,13H2,(H,27,28)/b21-19-. The van der Waals surface area contributed by atoms with Gasteiger partial charge in [-0.15, -0.1) is 0 Å². The van der Waals surface area contributed by atoms with Crippen molar-refractivity contribution >= 4 is 29.1 Å². The van der Waals surface area contributed by atoms with Gasteiger partial charge >= 0.3 is 5.97 Å². The highest BCUT2D eigenvalue weighted by molar-refractivity contribution is 6.46. The summed E-state index contributed by atoms with van der Waals surface area (Å²) in [5.74, 6) is -3.73. The summed E-state index contributed by atoms with van der Waals surface area (Å²) in [5.41, 5.74) is 0.144. The Balaban J connectivity index is 1.99. The smallest absolute Gasteiger partial charge is 0.303 e. The lowest BCUT2D eigenvalue weighted by Crippen LogP contribution is -2.30. The van der Waals surface area contributed by atoms with E-state index in [4.69, 9.17) is 5.11 Å². The number of aliphatic hydroxyl groups excluding tert-OH is 1. The molecule has 1 heterocycles. The molecule has 0 aromatic heterocycles. The number of hydrogen-bond acceptors (Lipinski definition) is 6. The van der Waals surface area contributed by atoms with E-state index in [1.54, 1.807) is 0 Å². The first-order valence-corrected chi connectivity index (χ1v) is 10.2. The van der Waals surface area contributed by atoms with E-state index in [-0.39, 0.29) is 29.8 Å². The maximum Gasteiger partial charge on any atom is 0.303 e. The lowest BCUT2D eigenvalue weighted by atomic mass is 9.95. The first kappa shape index (κ1) is 23.6. The van der Waals surface area contributed by atoms with Crippen molar-refractivity contribution in [1.82, 2.24) is 4.90 Å². The number of nitro groups is 1. The van der Waals surface area contributed by atoms with Gasteiger partial charge in [-0.05, 0) is 54.8 Å². The number of aliphatic carboxylic acids is 1. The van der Waals surface area contributed by atoms with Crippen molar-refractivity contribution in [3.63, 3.8) is 0 Å². The number of unbranched alkanes of at least 4 members (excludes halogenated alkanes) is 2. The third-order valence-electron chi connectivity index (χ3n) is 5.37. The monoisotopic (exact) mass is 456 g/mol.